The Kier molecular flexibility index (Phi) is 6.35. The summed E-state index contributed by atoms with van der Waals surface area (Å²) in [5.41, 5.74) is 3.31. The van der Waals surface area contributed by atoms with Gasteiger partial charge in [-0.3, -0.25) is 9.48 Å². The quantitative estimate of drug-likeness (QED) is 0.660. The molecule has 1 heterocycles. The zero-order valence-corrected chi connectivity index (χ0v) is 17.0. The number of benzene rings is 1. The topological polar surface area (TPSA) is 61.9 Å². The van der Waals surface area contributed by atoms with Gasteiger partial charge in [0.15, 0.2) is 0 Å². The standard InChI is InChI=1S/C21H24ClFN4O/c1-14-17(15(2)27(25-14)12-4-11-24)9-10-21(28)26(16-7-8-16)13-18-19(22)5-3-6-20(18)23/h3,5-6,16H,4,7-10,12-13H2,1-2H3. The van der Waals surface area contributed by atoms with Crippen LogP contribution in [0, 0.1) is 31.0 Å². The second-order valence-electron chi connectivity index (χ2n) is 7.23. The molecule has 1 aromatic carbocycles. The van der Waals surface area contributed by atoms with E-state index in [0.717, 1.165) is 29.8 Å². The van der Waals surface area contributed by atoms with E-state index in [1.807, 2.05) is 18.5 Å². The number of aryl methyl sites for hydroxylation is 2. The van der Waals surface area contributed by atoms with E-state index in [-0.39, 0.29) is 24.3 Å². The van der Waals surface area contributed by atoms with Crippen LogP contribution >= 0.6 is 11.6 Å². The van der Waals surface area contributed by atoms with Crippen LogP contribution < -0.4 is 0 Å². The van der Waals surface area contributed by atoms with Crippen LogP contribution in [0.1, 0.15) is 48.2 Å². The number of carbonyl (C=O) groups is 1. The molecule has 3 rings (SSSR count). The highest BCUT2D eigenvalue weighted by Gasteiger charge is 2.33. The van der Waals surface area contributed by atoms with Crippen molar-refractivity contribution in [3.05, 3.63) is 51.6 Å². The Morgan fingerprint density at radius 3 is 2.79 bits per heavy atom. The summed E-state index contributed by atoms with van der Waals surface area (Å²) >= 11 is 6.15. The van der Waals surface area contributed by atoms with Crippen molar-refractivity contribution in [1.82, 2.24) is 14.7 Å². The summed E-state index contributed by atoms with van der Waals surface area (Å²) in [7, 11) is 0. The van der Waals surface area contributed by atoms with E-state index in [1.54, 1.807) is 17.0 Å². The largest absolute Gasteiger partial charge is 0.335 e. The second-order valence-corrected chi connectivity index (χ2v) is 7.64. The number of amides is 1. The van der Waals surface area contributed by atoms with Gasteiger partial charge in [0, 0.05) is 28.7 Å². The Labute approximate surface area is 169 Å². The molecule has 0 N–H and O–H groups in total. The first-order valence-corrected chi connectivity index (χ1v) is 9.92. The van der Waals surface area contributed by atoms with Gasteiger partial charge in [-0.2, -0.15) is 10.4 Å². The molecule has 0 saturated heterocycles. The molecule has 0 spiro atoms. The minimum absolute atomic E-state index is 0.00499. The van der Waals surface area contributed by atoms with Crippen LogP contribution in [0.15, 0.2) is 18.2 Å². The summed E-state index contributed by atoms with van der Waals surface area (Å²) in [5.74, 6) is -0.373. The van der Waals surface area contributed by atoms with Gasteiger partial charge >= 0.3 is 0 Å². The number of carbonyl (C=O) groups excluding carboxylic acids is 1. The van der Waals surface area contributed by atoms with Crippen LogP contribution in [0.25, 0.3) is 0 Å². The lowest BCUT2D eigenvalue weighted by molar-refractivity contribution is -0.132. The van der Waals surface area contributed by atoms with Gasteiger partial charge in [-0.05, 0) is 50.8 Å². The maximum atomic E-state index is 14.2. The lowest BCUT2D eigenvalue weighted by atomic mass is 10.1. The number of hydrogen-bond donors (Lipinski definition) is 0. The smallest absolute Gasteiger partial charge is 0.223 e. The zero-order valence-electron chi connectivity index (χ0n) is 16.2. The van der Waals surface area contributed by atoms with Gasteiger partial charge in [-0.25, -0.2) is 4.39 Å². The van der Waals surface area contributed by atoms with Gasteiger partial charge in [0.1, 0.15) is 5.82 Å². The predicted octanol–water partition coefficient (Wildman–Crippen LogP) is 4.33. The maximum Gasteiger partial charge on any atom is 0.223 e. The molecule has 28 heavy (non-hydrogen) atoms. The van der Waals surface area contributed by atoms with E-state index in [1.165, 1.54) is 6.07 Å². The second kappa shape index (κ2) is 8.74. The average Bonchev–Trinajstić information content (AvgIpc) is 3.45. The zero-order chi connectivity index (χ0) is 20.3. The Bertz CT molecular complexity index is 894. The molecular weight excluding hydrogens is 379 g/mol. The third kappa shape index (κ3) is 4.53. The molecule has 1 fully saturated rings. The van der Waals surface area contributed by atoms with Crippen molar-refractivity contribution < 1.29 is 9.18 Å². The van der Waals surface area contributed by atoms with Crippen LogP contribution in [0.3, 0.4) is 0 Å². The maximum absolute atomic E-state index is 14.2. The third-order valence-corrected chi connectivity index (χ3v) is 5.61. The van der Waals surface area contributed by atoms with Crippen LogP contribution in [0.4, 0.5) is 4.39 Å². The molecule has 1 aromatic heterocycles. The minimum Gasteiger partial charge on any atom is -0.335 e. The highest BCUT2D eigenvalue weighted by Crippen LogP contribution is 2.31. The van der Waals surface area contributed by atoms with Gasteiger partial charge in [0.25, 0.3) is 0 Å². The van der Waals surface area contributed by atoms with Crippen LogP contribution in [-0.2, 0) is 24.3 Å². The first-order valence-electron chi connectivity index (χ1n) is 9.54. The highest BCUT2D eigenvalue weighted by molar-refractivity contribution is 6.31. The van der Waals surface area contributed by atoms with Crippen molar-refractivity contribution in [2.24, 2.45) is 0 Å². The van der Waals surface area contributed by atoms with E-state index in [9.17, 15) is 9.18 Å². The molecule has 0 radical (unpaired) electrons. The summed E-state index contributed by atoms with van der Waals surface area (Å²) < 4.78 is 16.0. The minimum atomic E-state index is -0.378. The van der Waals surface area contributed by atoms with Gasteiger partial charge in [0.05, 0.1) is 31.3 Å². The average molecular weight is 403 g/mol. The van der Waals surface area contributed by atoms with Crippen LogP contribution in [-0.4, -0.2) is 26.6 Å². The third-order valence-electron chi connectivity index (χ3n) is 5.25. The first kappa shape index (κ1) is 20.3. The van der Waals surface area contributed by atoms with E-state index in [4.69, 9.17) is 16.9 Å². The SMILES string of the molecule is Cc1nn(CCC#N)c(C)c1CCC(=O)N(Cc1c(F)cccc1Cl)C1CC1. The predicted molar refractivity (Wildman–Crippen MR) is 105 cm³/mol. The Morgan fingerprint density at radius 1 is 1.39 bits per heavy atom. The molecule has 1 aliphatic rings. The number of nitriles is 1. The Morgan fingerprint density at radius 2 is 2.14 bits per heavy atom. The lowest BCUT2D eigenvalue weighted by Gasteiger charge is -2.23. The monoisotopic (exact) mass is 402 g/mol. The van der Waals surface area contributed by atoms with E-state index in [2.05, 4.69) is 11.2 Å². The summed E-state index contributed by atoms with van der Waals surface area (Å²) in [6.07, 6.45) is 3.22. The fourth-order valence-corrected chi connectivity index (χ4v) is 3.73. The molecule has 2 aromatic rings. The molecule has 1 amide bonds. The molecule has 7 heteroatoms. The van der Waals surface area contributed by atoms with Crippen LogP contribution in [0.5, 0.6) is 0 Å². The Hall–Kier alpha value is -2.39. The summed E-state index contributed by atoms with van der Waals surface area (Å²) in [4.78, 5) is 14.7. The van der Waals surface area contributed by atoms with E-state index in [0.29, 0.717) is 36.4 Å². The summed E-state index contributed by atoms with van der Waals surface area (Å²) in [6.45, 7) is 4.65. The molecule has 0 atom stereocenters. The van der Waals surface area contributed by atoms with Gasteiger partial charge in [-0.15, -0.1) is 0 Å². The lowest BCUT2D eigenvalue weighted by Crippen LogP contribution is -2.33. The molecule has 0 aliphatic heterocycles. The van der Waals surface area contributed by atoms with Crippen molar-refractivity contribution in [1.29, 1.82) is 5.26 Å². The summed E-state index contributed by atoms with van der Waals surface area (Å²) in [5, 5.41) is 13.6. The molecular formula is C21H24ClFN4O. The summed E-state index contributed by atoms with van der Waals surface area (Å²) in [6, 6.07) is 6.89. The van der Waals surface area contributed by atoms with E-state index >= 15 is 0 Å². The highest BCUT2D eigenvalue weighted by atomic mass is 35.5. The van der Waals surface area contributed by atoms with Gasteiger partial charge in [-0.1, -0.05) is 17.7 Å². The number of aromatic nitrogens is 2. The fourth-order valence-electron chi connectivity index (χ4n) is 3.51. The van der Waals surface area contributed by atoms with Crippen molar-refractivity contribution >= 4 is 17.5 Å². The first-order chi connectivity index (χ1) is 13.4. The van der Waals surface area contributed by atoms with Crippen molar-refractivity contribution in [3.63, 3.8) is 0 Å². The van der Waals surface area contributed by atoms with Crippen molar-refractivity contribution in [2.75, 3.05) is 0 Å². The van der Waals surface area contributed by atoms with Crippen molar-refractivity contribution in [2.45, 2.75) is 65.1 Å². The molecule has 0 unspecified atom stereocenters. The molecule has 1 saturated carbocycles. The van der Waals surface area contributed by atoms with Gasteiger partial charge < -0.3 is 4.90 Å². The number of nitrogens with zero attached hydrogens (tertiary/aromatic N) is 4. The molecule has 0 bridgehead atoms. The molecule has 1 aliphatic carbocycles. The van der Waals surface area contributed by atoms with Crippen molar-refractivity contribution in [3.8, 4) is 6.07 Å². The normalized spacial score (nSPS) is 13.4. The number of halogens is 2. The fraction of sp³-hybridized carbons (Fsp3) is 0.476. The Balaban J connectivity index is 1.69. The molecule has 148 valence electrons. The van der Waals surface area contributed by atoms with Crippen LogP contribution in [0.2, 0.25) is 5.02 Å². The molecule has 5 nitrogen and oxygen atoms in total. The number of rotatable bonds is 8. The van der Waals surface area contributed by atoms with E-state index < -0.39 is 0 Å². The van der Waals surface area contributed by atoms with Gasteiger partial charge in [0.2, 0.25) is 5.91 Å². The number of hydrogen-bond acceptors (Lipinski definition) is 3.